The Kier molecular flexibility index (Phi) is 6.38. The number of ether oxygens (including phenoxy) is 1. The number of amides is 1. The fraction of sp³-hybridized carbons (Fsp3) is 0.417. The van der Waals surface area contributed by atoms with E-state index in [4.69, 9.17) is 4.74 Å². The van der Waals surface area contributed by atoms with Crippen molar-refractivity contribution in [1.82, 2.24) is 4.90 Å². The van der Waals surface area contributed by atoms with Crippen molar-refractivity contribution in [3.63, 3.8) is 0 Å². The Hall–Kier alpha value is -3.05. The third-order valence-electron chi connectivity index (χ3n) is 6.16. The molecule has 1 amide bonds. The van der Waals surface area contributed by atoms with Gasteiger partial charge in [0.15, 0.2) is 6.10 Å². The Labute approximate surface area is 189 Å². The molecular formula is C24H27N3O4S. The molecule has 168 valence electrons. The Morgan fingerprint density at radius 3 is 2.62 bits per heavy atom. The van der Waals surface area contributed by atoms with Gasteiger partial charge in [0.25, 0.3) is 15.9 Å². The maximum absolute atomic E-state index is 13.2. The van der Waals surface area contributed by atoms with Crippen LogP contribution in [0.15, 0.2) is 47.4 Å². The van der Waals surface area contributed by atoms with Gasteiger partial charge in [-0.05, 0) is 49.6 Å². The molecule has 1 atom stereocenters. The van der Waals surface area contributed by atoms with Crippen molar-refractivity contribution in [2.75, 3.05) is 4.72 Å². The molecule has 1 aliphatic heterocycles. The van der Waals surface area contributed by atoms with Crippen LogP contribution in [0.25, 0.3) is 0 Å². The van der Waals surface area contributed by atoms with Crippen LogP contribution in [0.4, 0.5) is 5.69 Å². The van der Waals surface area contributed by atoms with Crippen LogP contribution in [0.3, 0.4) is 0 Å². The van der Waals surface area contributed by atoms with Crippen LogP contribution in [-0.4, -0.2) is 31.4 Å². The van der Waals surface area contributed by atoms with E-state index in [0.717, 1.165) is 31.2 Å². The fourth-order valence-electron chi connectivity index (χ4n) is 4.49. The molecule has 0 spiro atoms. The molecule has 8 heteroatoms. The smallest absolute Gasteiger partial charge is 0.264 e. The number of hydrogen-bond acceptors (Lipinski definition) is 5. The van der Waals surface area contributed by atoms with Crippen molar-refractivity contribution >= 4 is 21.6 Å². The maximum atomic E-state index is 13.2. The molecule has 1 heterocycles. The normalized spacial score (nSPS) is 19.4. The van der Waals surface area contributed by atoms with E-state index in [1.54, 1.807) is 30.3 Å². The third kappa shape index (κ3) is 4.44. The molecule has 1 aliphatic carbocycles. The van der Waals surface area contributed by atoms with Crippen molar-refractivity contribution in [3.05, 3.63) is 53.6 Å². The van der Waals surface area contributed by atoms with Crippen LogP contribution in [0, 0.1) is 11.3 Å². The second-order valence-corrected chi connectivity index (χ2v) is 9.96. The van der Waals surface area contributed by atoms with E-state index in [9.17, 15) is 18.5 Å². The standard InChI is InChI=1S/C24H27N3O4S/c1-2-21-24(28)27(20-9-4-3-5-10-20)16-18-14-19(12-13-22(18)31-21)26-32(29,30)23-11-7-6-8-17(23)15-25/h6-8,11-14,20-21,26H,2-5,9-10,16H2,1H3. The number of nitrogens with zero attached hydrogens (tertiary/aromatic N) is 2. The van der Waals surface area contributed by atoms with Gasteiger partial charge in [-0.25, -0.2) is 8.42 Å². The van der Waals surface area contributed by atoms with Gasteiger partial charge in [-0.15, -0.1) is 0 Å². The van der Waals surface area contributed by atoms with E-state index in [1.807, 2.05) is 17.9 Å². The summed E-state index contributed by atoms with van der Waals surface area (Å²) in [6.45, 7) is 2.32. The highest BCUT2D eigenvalue weighted by Gasteiger charge is 2.34. The zero-order valence-electron chi connectivity index (χ0n) is 18.1. The molecule has 1 N–H and O–H groups in total. The molecular weight excluding hydrogens is 426 g/mol. The molecule has 1 unspecified atom stereocenters. The van der Waals surface area contributed by atoms with Gasteiger partial charge < -0.3 is 9.64 Å². The van der Waals surface area contributed by atoms with E-state index >= 15 is 0 Å². The van der Waals surface area contributed by atoms with Crippen LogP contribution in [0.2, 0.25) is 0 Å². The lowest BCUT2D eigenvalue weighted by Crippen LogP contribution is -2.45. The predicted octanol–water partition coefficient (Wildman–Crippen LogP) is 4.19. The van der Waals surface area contributed by atoms with Crippen molar-refractivity contribution in [2.45, 2.75) is 69.0 Å². The number of rotatable bonds is 5. The van der Waals surface area contributed by atoms with Crippen molar-refractivity contribution in [1.29, 1.82) is 5.26 Å². The molecule has 0 aromatic heterocycles. The SMILES string of the molecule is CCC1Oc2ccc(NS(=O)(=O)c3ccccc3C#N)cc2CN(C2CCCCC2)C1=O. The van der Waals surface area contributed by atoms with Gasteiger partial charge in [0.1, 0.15) is 16.7 Å². The Morgan fingerprint density at radius 2 is 1.91 bits per heavy atom. The quantitative estimate of drug-likeness (QED) is 0.732. The van der Waals surface area contributed by atoms with Crippen LogP contribution in [0.5, 0.6) is 5.75 Å². The van der Waals surface area contributed by atoms with E-state index in [0.29, 0.717) is 24.4 Å². The van der Waals surface area contributed by atoms with Crippen LogP contribution < -0.4 is 9.46 Å². The summed E-state index contributed by atoms with van der Waals surface area (Å²) in [7, 11) is -3.95. The lowest BCUT2D eigenvalue weighted by atomic mass is 9.93. The first-order chi connectivity index (χ1) is 15.4. The number of anilines is 1. The van der Waals surface area contributed by atoms with E-state index in [-0.39, 0.29) is 22.4 Å². The third-order valence-corrected chi connectivity index (χ3v) is 7.60. The summed E-state index contributed by atoms with van der Waals surface area (Å²) in [5, 5.41) is 9.27. The number of benzene rings is 2. The minimum atomic E-state index is -3.95. The minimum absolute atomic E-state index is 0.000628. The van der Waals surface area contributed by atoms with E-state index in [2.05, 4.69) is 4.72 Å². The summed E-state index contributed by atoms with van der Waals surface area (Å²) in [6, 6.07) is 13.2. The summed E-state index contributed by atoms with van der Waals surface area (Å²) >= 11 is 0. The molecule has 0 bridgehead atoms. The first kappa shape index (κ1) is 22.2. The summed E-state index contributed by atoms with van der Waals surface area (Å²) in [4.78, 5) is 15.0. The molecule has 4 rings (SSSR count). The Bertz CT molecular complexity index is 1150. The van der Waals surface area contributed by atoms with E-state index < -0.39 is 16.1 Å². The number of carbonyl (C=O) groups excluding carboxylic acids is 1. The Morgan fingerprint density at radius 1 is 1.16 bits per heavy atom. The molecule has 1 fully saturated rings. The second kappa shape index (κ2) is 9.21. The first-order valence-corrected chi connectivity index (χ1v) is 12.5. The minimum Gasteiger partial charge on any atom is -0.480 e. The second-order valence-electron chi connectivity index (χ2n) is 8.31. The number of hydrogen-bond donors (Lipinski definition) is 1. The maximum Gasteiger partial charge on any atom is 0.264 e. The van der Waals surface area contributed by atoms with Crippen molar-refractivity contribution < 1.29 is 17.9 Å². The number of nitriles is 1. The largest absolute Gasteiger partial charge is 0.480 e. The predicted molar refractivity (Wildman–Crippen MR) is 121 cm³/mol. The van der Waals surface area contributed by atoms with Crippen molar-refractivity contribution in [3.8, 4) is 11.8 Å². The zero-order valence-corrected chi connectivity index (χ0v) is 18.9. The van der Waals surface area contributed by atoms with Gasteiger partial charge in [0, 0.05) is 23.8 Å². The topological polar surface area (TPSA) is 99.5 Å². The lowest BCUT2D eigenvalue weighted by molar-refractivity contribution is -0.141. The molecule has 2 aliphatic rings. The average molecular weight is 454 g/mol. The van der Waals surface area contributed by atoms with Crippen LogP contribution >= 0.6 is 0 Å². The first-order valence-electron chi connectivity index (χ1n) is 11.0. The number of fused-ring (bicyclic) bond motifs is 1. The number of nitrogens with one attached hydrogen (secondary N) is 1. The van der Waals surface area contributed by atoms with Gasteiger partial charge >= 0.3 is 0 Å². The molecule has 1 saturated carbocycles. The zero-order chi connectivity index (χ0) is 22.7. The van der Waals surface area contributed by atoms with Gasteiger partial charge in [0.05, 0.1) is 5.56 Å². The highest BCUT2D eigenvalue weighted by molar-refractivity contribution is 7.92. The number of sulfonamides is 1. The average Bonchev–Trinajstić information content (AvgIpc) is 2.95. The lowest BCUT2D eigenvalue weighted by Gasteiger charge is -2.34. The van der Waals surface area contributed by atoms with Crippen LogP contribution in [-0.2, 0) is 21.4 Å². The van der Waals surface area contributed by atoms with Gasteiger partial charge in [-0.2, -0.15) is 5.26 Å². The molecule has 2 aromatic rings. The summed E-state index contributed by atoms with van der Waals surface area (Å²) in [5.41, 5.74) is 1.22. The highest BCUT2D eigenvalue weighted by atomic mass is 32.2. The summed E-state index contributed by atoms with van der Waals surface area (Å²) in [5.74, 6) is 0.601. The molecule has 0 saturated heterocycles. The van der Waals surface area contributed by atoms with Crippen LogP contribution in [0.1, 0.15) is 56.6 Å². The number of carbonyl (C=O) groups is 1. The molecule has 32 heavy (non-hydrogen) atoms. The summed E-state index contributed by atoms with van der Waals surface area (Å²) in [6.07, 6.45) is 5.40. The molecule has 7 nitrogen and oxygen atoms in total. The van der Waals surface area contributed by atoms with Gasteiger partial charge in [0.2, 0.25) is 0 Å². The fourth-order valence-corrected chi connectivity index (χ4v) is 5.70. The highest BCUT2D eigenvalue weighted by Crippen LogP contribution is 2.33. The molecule has 2 aromatic carbocycles. The van der Waals surface area contributed by atoms with E-state index in [1.165, 1.54) is 18.6 Å². The van der Waals surface area contributed by atoms with Crippen molar-refractivity contribution in [2.24, 2.45) is 0 Å². The Balaban J connectivity index is 1.65. The summed E-state index contributed by atoms with van der Waals surface area (Å²) < 4.78 is 34.4. The monoisotopic (exact) mass is 453 g/mol. The van der Waals surface area contributed by atoms with Gasteiger partial charge in [-0.3, -0.25) is 9.52 Å². The molecule has 0 radical (unpaired) electrons. The van der Waals surface area contributed by atoms with Gasteiger partial charge in [-0.1, -0.05) is 38.3 Å².